The van der Waals surface area contributed by atoms with Crippen LogP contribution in [-0.4, -0.2) is 62.0 Å². The number of ether oxygens (including phenoxy) is 1. The minimum absolute atomic E-state index is 0.312. The zero-order valence-electron chi connectivity index (χ0n) is 14.8. The maximum Gasteiger partial charge on any atom is 0.416 e. The highest BCUT2D eigenvalue weighted by molar-refractivity contribution is 5.49. The molecule has 0 spiro atoms. The van der Waals surface area contributed by atoms with E-state index in [1.54, 1.807) is 6.07 Å². The molecule has 1 N–H and O–H groups in total. The van der Waals surface area contributed by atoms with Gasteiger partial charge >= 0.3 is 6.18 Å². The Hall–Kier alpha value is -1.31. The van der Waals surface area contributed by atoms with Gasteiger partial charge in [-0.15, -0.1) is 0 Å². The highest BCUT2D eigenvalue weighted by Gasteiger charge is 2.31. The van der Waals surface area contributed by atoms with Gasteiger partial charge in [0.05, 0.1) is 18.3 Å². The van der Waals surface area contributed by atoms with Gasteiger partial charge in [-0.05, 0) is 24.1 Å². The highest BCUT2D eigenvalue weighted by atomic mass is 19.4. The van der Waals surface area contributed by atoms with E-state index >= 15 is 0 Å². The molecule has 7 heteroatoms. The molecule has 0 bridgehead atoms. The van der Waals surface area contributed by atoms with Crippen molar-refractivity contribution in [2.24, 2.45) is 5.92 Å². The lowest BCUT2D eigenvalue weighted by Gasteiger charge is -2.37. The normalized spacial score (nSPS) is 18.0. The third-order valence-corrected chi connectivity index (χ3v) is 4.14. The number of nitrogens with zero attached hydrogens (tertiary/aromatic N) is 2. The smallest absolute Gasteiger partial charge is 0.389 e. The number of β-amino-alcohol motifs (C(OH)–C–C–N with tert-alkyl or cyclic N) is 1. The molecule has 0 saturated carbocycles. The topological polar surface area (TPSA) is 35.9 Å². The number of aliphatic hydroxyl groups is 1. The van der Waals surface area contributed by atoms with E-state index < -0.39 is 17.8 Å². The fraction of sp³-hybridized carbons (Fsp3) is 0.667. The molecule has 4 nitrogen and oxygen atoms in total. The number of anilines is 1. The van der Waals surface area contributed by atoms with Crippen LogP contribution in [-0.2, 0) is 10.9 Å². The van der Waals surface area contributed by atoms with Crippen LogP contribution in [0, 0.1) is 5.92 Å². The molecule has 1 fully saturated rings. The van der Waals surface area contributed by atoms with Crippen molar-refractivity contribution < 1.29 is 23.0 Å². The van der Waals surface area contributed by atoms with Gasteiger partial charge in [-0.3, -0.25) is 4.90 Å². The van der Waals surface area contributed by atoms with Gasteiger partial charge in [0.15, 0.2) is 0 Å². The van der Waals surface area contributed by atoms with Crippen LogP contribution in [0.1, 0.15) is 19.4 Å². The zero-order valence-corrected chi connectivity index (χ0v) is 14.8. The number of piperazine rings is 1. The Kier molecular flexibility index (Phi) is 7.10. The number of aliphatic hydroxyl groups excluding tert-OH is 1. The number of rotatable bonds is 7. The van der Waals surface area contributed by atoms with Crippen molar-refractivity contribution >= 4 is 5.69 Å². The molecule has 2 rings (SSSR count). The minimum Gasteiger partial charge on any atom is -0.389 e. The summed E-state index contributed by atoms with van der Waals surface area (Å²) in [6.45, 7) is 8.26. The van der Waals surface area contributed by atoms with Crippen LogP contribution < -0.4 is 4.90 Å². The first-order valence-corrected chi connectivity index (χ1v) is 8.66. The van der Waals surface area contributed by atoms with Gasteiger partial charge < -0.3 is 14.7 Å². The van der Waals surface area contributed by atoms with Gasteiger partial charge in [-0.2, -0.15) is 13.2 Å². The van der Waals surface area contributed by atoms with Crippen LogP contribution in [0.3, 0.4) is 0 Å². The van der Waals surface area contributed by atoms with Gasteiger partial charge in [0.2, 0.25) is 0 Å². The fourth-order valence-corrected chi connectivity index (χ4v) is 2.86. The largest absolute Gasteiger partial charge is 0.416 e. The average Bonchev–Trinajstić information content (AvgIpc) is 2.54. The van der Waals surface area contributed by atoms with Gasteiger partial charge in [-0.25, -0.2) is 0 Å². The maximum absolute atomic E-state index is 12.8. The monoisotopic (exact) mass is 360 g/mol. The van der Waals surface area contributed by atoms with Crippen molar-refractivity contribution in [3.8, 4) is 0 Å². The molecule has 1 aromatic carbocycles. The Morgan fingerprint density at radius 3 is 2.40 bits per heavy atom. The van der Waals surface area contributed by atoms with Gasteiger partial charge in [0, 0.05) is 45.0 Å². The van der Waals surface area contributed by atoms with Crippen LogP contribution in [0.25, 0.3) is 0 Å². The van der Waals surface area contributed by atoms with E-state index in [0.29, 0.717) is 57.5 Å². The van der Waals surface area contributed by atoms with Crippen LogP contribution in [0.2, 0.25) is 0 Å². The van der Waals surface area contributed by atoms with E-state index in [0.717, 1.165) is 6.07 Å². The van der Waals surface area contributed by atoms with E-state index in [1.807, 2.05) is 4.90 Å². The average molecular weight is 360 g/mol. The first-order valence-electron chi connectivity index (χ1n) is 8.66. The predicted molar refractivity (Wildman–Crippen MR) is 91.8 cm³/mol. The van der Waals surface area contributed by atoms with Gasteiger partial charge in [0.1, 0.15) is 0 Å². The van der Waals surface area contributed by atoms with Crippen molar-refractivity contribution in [3.63, 3.8) is 0 Å². The van der Waals surface area contributed by atoms with Gasteiger partial charge in [-0.1, -0.05) is 19.9 Å². The molecule has 1 heterocycles. The molecule has 1 unspecified atom stereocenters. The summed E-state index contributed by atoms with van der Waals surface area (Å²) in [6, 6.07) is 5.44. The molecule has 0 radical (unpaired) electrons. The van der Waals surface area contributed by atoms with E-state index in [9.17, 15) is 18.3 Å². The van der Waals surface area contributed by atoms with Crippen molar-refractivity contribution in [2.75, 3.05) is 50.8 Å². The first-order chi connectivity index (χ1) is 11.8. The number of benzene rings is 1. The lowest BCUT2D eigenvalue weighted by Crippen LogP contribution is -2.49. The second-order valence-corrected chi connectivity index (χ2v) is 6.92. The zero-order chi connectivity index (χ0) is 18.4. The number of halogens is 3. The Labute approximate surface area is 147 Å². The Bertz CT molecular complexity index is 529. The Balaban J connectivity index is 1.80. The summed E-state index contributed by atoms with van der Waals surface area (Å²) in [4.78, 5) is 4.07. The van der Waals surface area contributed by atoms with Crippen LogP contribution >= 0.6 is 0 Å². The summed E-state index contributed by atoms with van der Waals surface area (Å²) in [5.41, 5.74) is -0.0274. The molecule has 1 aromatic rings. The van der Waals surface area contributed by atoms with Crippen molar-refractivity contribution in [1.29, 1.82) is 0 Å². The fourth-order valence-electron chi connectivity index (χ4n) is 2.86. The molecule has 1 atom stereocenters. The number of hydrogen-bond acceptors (Lipinski definition) is 4. The van der Waals surface area contributed by atoms with Crippen LogP contribution in [0.15, 0.2) is 24.3 Å². The van der Waals surface area contributed by atoms with Crippen molar-refractivity contribution in [1.82, 2.24) is 4.90 Å². The minimum atomic E-state index is -4.32. The maximum atomic E-state index is 12.8. The lowest BCUT2D eigenvalue weighted by molar-refractivity contribution is -0.137. The van der Waals surface area contributed by atoms with E-state index in [2.05, 4.69) is 18.7 Å². The molecule has 0 aliphatic carbocycles. The molecule has 1 aliphatic heterocycles. The third-order valence-electron chi connectivity index (χ3n) is 4.14. The molecular formula is C18H27F3N2O2. The molecule has 1 aliphatic rings. The SMILES string of the molecule is CC(C)COCC(O)CN1CCN(c2cccc(C(F)(F)F)c2)CC1. The number of hydrogen-bond donors (Lipinski definition) is 1. The summed E-state index contributed by atoms with van der Waals surface area (Å²) >= 11 is 0. The predicted octanol–water partition coefficient (Wildman–Crippen LogP) is 2.86. The first kappa shape index (κ1) is 20.0. The Morgan fingerprint density at radius 2 is 1.80 bits per heavy atom. The molecule has 25 heavy (non-hydrogen) atoms. The standard InChI is InChI=1S/C18H27F3N2O2/c1-14(2)12-25-13-17(24)11-22-6-8-23(9-7-22)16-5-3-4-15(10-16)18(19,20)21/h3-5,10,14,17,24H,6-9,11-13H2,1-2H3. The summed E-state index contributed by atoms with van der Waals surface area (Å²) in [5.74, 6) is 0.434. The van der Waals surface area contributed by atoms with Gasteiger partial charge in [0.25, 0.3) is 0 Å². The van der Waals surface area contributed by atoms with Crippen molar-refractivity contribution in [2.45, 2.75) is 26.1 Å². The number of alkyl halides is 3. The quantitative estimate of drug-likeness (QED) is 0.811. The van der Waals surface area contributed by atoms with Crippen LogP contribution in [0.4, 0.5) is 18.9 Å². The van der Waals surface area contributed by atoms with Crippen LogP contribution in [0.5, 0.6) is 0 Å². The molecular weight excluding hydrogens is 333 g/mol. The summed E-state index contributed by atoms with van der Waals surface area (Å²) in [7, 11) is 0. The Morgan fingerprint density at radius 1 is 1.12 bits per heavy atom. The third kappa shape index (κ3) is 6.49. The molecule has 0 aromatic heterocycles. The molecule has 142 valence electrons. The summed E-state index contributed by atoms with van der Waals surface area (Å²) in [5, 5.41) is 10.0. The van der Waals surface area contributed by atoms with E-state index in [-0.39, 0.29) is 0 Å². The van der Waals surface area contributed by atoms with E-state index in [1.165, 1.54) is 12.1 Å². The highest BCUT2D eigenvalue weighted by Crippen LogP contribution is 2.31. The second kappa shape index (κ2) is 8.87. The summed E-state index contributed by atoms with van der Waals surface area (Å²) in [6.07, 6.45) is -4.86. The van der Waals surface area contributed by atoms with E-state index in [4.69, 9.17) is 4.74 Å². The van der Waals surface area contributed by atoms with Crippen molar-refractivity contribution in [3.05, 3.63) is 29.8 Å². The molecule has 0 amide bonds. The summed E-state index contributed by atoms with van der Waals surface area (Å²) < 4.78 is 43.9. The lowest BCUT2D eigenvalue weighted by atomic mass is 10.1. The second-order valence-electron chi connectivity index (χ2n) is 6.92. The molecule has 1 saturated heterocycles.